The zero-order valence-corrected chi connectivity index (χ0v) is 15.4. The van der Waals surface area contributed by atoms with Gasteiger partial charge in [0.05, 0.1) is 19.8 Å². The number of nitrogens with zero attached hydrogens (tertiary/aromatic N) is 1. The summed E-state index contributed by atoms with van der Waals surface area (Å²) in [7, 11) is 2.88. The Morgan fingerprint density at radius 2 is 2.16 bits per heavy atom. The van der Waals surface area contributed by atoms with Crippen molar-refractivity contribution in [3.8, 4) is 5.75 Å². The number of carbonyl (C=O) groups excluding carboxylic acids is 2. The van der Waals surface area contributed by atoms with E-state index in [0.29, 0.717) is 22.9 Å². The molecule has 2 rings (SSSR count). The third-order valence-electron chi connectivity index (χ3n) is 4.27. The summed E-state index contributed by atoms with van der Waals surface area (Å²) in [6.07, 6.45) is 3.17. The van der Waals surface area contributed by atoms with Gasteiger partial charge in [-0.25, -0.2) is 4.79 Å². The normalized spacial score (nSPS) is 18.3. The van der Waals surface area contributed by atoms with Gasteiger partial charge < -0.3 is 19.7 Å². The van der Waals surface area contributed by atoms with Crippen molar-refractivity contribution < 1.29 is 19.1 Å². The Hall–Kier alpha value is -2.21. The van der Waals surface area contributed by atoms with Crippen LogP contribution in [0.25, 0.3) is 0 Å². The highest BCUT2D eigenvalue weighted by Crippen LogP contribution is 2.27. The van der Waals surface area contributed by atoms with Crippen molar-refractivity contribution in [1.82, 2.24) is 10.2 Å². The molecular formula is C18H23ClN2O4. The molecule has 1 heterocycles. The van der Waals surface area contributed by atoms with Crippen LogP contribution in [-0.4, -0.2) is 50.1 Å². The molecular weight excluding hydrogens is 344 g/mol. The zero-order valence-electron chi connectivity index (χ0n) is 14.7. The summed E-state index contributed by atoms with van der Waals surface area (Å²) in [6, 6.07) is 5.07. The zero-order chi connectivity index (χ0) is 18.4. The van der Waals surface area contributed by atoms with Gasteiger partial charge in [0.25, 0.3) is 5.91 Å². The van der Waals surface area contributed by atoms with E-state index in [2.05, 4.69) is 10.2 Å². The Balaban J connectivity index is 2.04. The van der Waals surface area contributed by atoms with Crippen molar-refractivity contribution in [3.05, 3.63) is 40.6 Å². The maximum absolute atomic E-state index is 12.5. The van der Waals surface area contributed by atoms with Crippen molar-refractivity contribution in [3.63, 3.8) is 0 Å². The number of amides is 1. The highest BCUT2D eigenvalue weighted by atomic mass is 35.5. The number of esters is 1. The van der Waals surface area contributed by atoms with Crippen LogP contribution in [0.4, 0.5) is 0 Å². The van der Waals surface area contributed by atoms with Crippen LogP contribution in [0.3, 0.4) is 0 Å². The second-order valence-corrected chi connectivity index (χ2v) is 6.13. The first-order valence-electron chi connectivity index (χ1n) is 8.17. The van der Waals surface area contributed by atoms with E-state index in [1.165, 1.54) is 20.3 Å². The average molecular weight is 367 g/mol. The Morgan fingerprint density at radius 3 is 2.80 bits per heavy atom. The highest BCUT2D eigenvalue weighted by molar-refractivity contribution is 6.31. The first kappa shape index (κ1) is 19.1. The highest BCUT2D eigenvalue weighted by Gasteiger charge is 2.28. The Morgan fingerprint density at radius 1 is 1.40 bits per heavy atom. The first-order valence-corrected chi connectivity index (χ1v) is 8.54. The molecule has 0 saturated carbocycles. The van der Waals surface area contributed by atoms with Crippen LogP contribution < -0.4 is 10.1 Å². The molecule has 25 heavy (non-hydrogen) atoms. The lowest BCUT2D eigenvalue weighted by Gasteiger charge is -2.26. The lowest BCUT2D eigenvalue weighted by atomic mass is 10.1. The Labute approximate surface area is 152 Å². The van der Waals surface area contributed by atoms with Gasteiger partial charge in [-0.1, -0.05) is 11.6 Å². The minimum absolute atomic E-state index is 0.134. The molecule has 1 aliphatic heterocycles. The van der Waals surface area contributed by atoms with Crippen LogP contribution >= 0.6 is 11.6 Å². The standard InChI is InChI=1S/C18H23ClN2O4/c1-4-21-13(10-17(22)25-3)6-7-14(21)11-20-18(23)15-9-12(19)5-8-16(15)24-2/h5,8-10,14H,4,6-7,11H2,1-3H3,(H,20,23)/b13-10+. The van der Waals surface area contributed by atoms with Crippen LogP contribution in [0.15, 0.2) is 30.0 Å². The molecule has 136 valence electrons. The predicted molar refractivity (Wildman–Crippen MR) is 95.8 cm³/mol. The summed E-state index contributed by atoms with van der Waals surface area (Å²) in [5.41, 5.74) is 1.34. The van der Waals surface area contributed by atoms with E-state index in [1.54, 1.807) is 18.2 Å². The molecule has 0 radical (unpaired) electrons. The quantitative estimate of drug-likeness (QED) is 0.619. The van der Waals surface area contributed by atoms with Gasteiger partial charge in [-0.05, 0) is 38.0 Å². The molecule has 0 spiro atoms. The van der Waals surface area contributed by atoms with Gasteiger partial charge in [-0.2, -0.15) is 0 Å². The molecule has 1 aromatic rings. The van der Waals surface area contributed by atoms with Gasteiger partial charge in [-0.15, -0.1) is 0 Å². The third kappa shape index (κ3) is 4.66. The van der Waals surface area contributed by atoms with E-state index in [4.69, 9.17) is 21.1 Å². The second kappa shape index (κ2) is 8.76. The molecule has 1 unspecified atom stereocenters. The molecule has 7 heteroatoms. The number of hydrogen-bond acceptors (Lipinski definition) is 5. The molecule has 1 aromatic carbocycles. The van der Waals surface area contributed by atoms with Crippen LogP contribution in [0, 0.1) is 0 Å². The van der Waals surface area contributed by atoms with Crippen LogP contribution in [0.5, 0.6) is 5.75 Å². The molecule has 1 atom stereocenters. The van der Waals surface area contributed by atoms with Crippen molar-refractivity contribution in [2.24, 2.45) is 0 Å². The van der Waals surface area contributed by atoms with Crippen LogP contribution in [-0.2, 0) is 9.53 Å². The van der Waals surface area contributed by atoms with E-state index in [1.807, 2.05) is 6.92 Å². The smallest absolute Gasteiger partial charge is 0.332 e. The van der Waals surface area contributed by atoms with E-state index < -0.39 is 0 Å². The number of allylic oxidation sites excluding steroid dienone is 1. The minimum Gasteiger partial charge on any atom is -0.496 e. The largest absolute Gasteiger partial charge is 0.496 e. The summed E-state index contributed by atoms with van der Waals surface area (Å²) in [4.78, 5) is 26.1. The van der Waals surface area contributed by atoms with E-state index in [0.717, 1.165) is 25.1 Å². The topological polar surface area (TPSA) is 67.9 Å². The molecule has 0 aliphatic carbocycles. The number of ether oxygens (including phenoxy) is 2. The summed E-state index contributed by atoms with van der Waals surface area (Å²) in [5, 5.41) is 3.41. The molecule has 1 saturated heterocycles. The fourth-order valence-corrected chi connectivity index (χ4v) is 3.21. The number of carbonyl (C=O) groups is 2. The number of methoxy groups -OCH3 is 2. The number of likely N-dealkylation sites (tertiary alicyclic amines) is 1. The van der Waals surface area contributed by atoms with Gasteiger partial charge >= 0.3 is 5.97 Å². The predicted octanol–water partition coefficient (Wildman–Crippen LogP) is 2.62. The maximum atomic E-state index is 12.5. The summed E-state index contributed by atoms with van der Waals surface area (Å²) in [6.45, 7) is 3.25. The average Bonchev–Trinajstić information content (AvgIpc) is 3.00. The lowest BCUT2D eigenvalue weighted by Crippen LogP contribution is -2.39. The molecule has 1 fully saturated rings. The minimum atomic E-state index is -0.359. The van der Waals surface area contributed by atoms with Gasteiger partial charge in [-0.3, -0.25) is 4.79 Å². The van der Waals surface area contributed by atoms with Gasteiger partial charge in [0.1, 0.15) is 5.75 Å². The van der Waals surface area contributed by atoms with E-state index in [-0.39, 0.29) is 17.9 Å². The van der Waals surface area contributed by atoms with Crippen LogP contribution in [0.1, 0.15) is 30.1 Å². The van der Waals surface area contributed by atoms with Crippen molar-refractivity contribution in [2.75, 3.05) is 27.3 Å². The molecule has 1 N–H and O–H groups in total. The van der Waals surface area contributed by atoms with Crippen molar-refractivity contribution in [1.29, 1.82) is 0 Å². The monoisotopic (exact) mass is 366 g/mol. The Bertz CT molecular complexity index is 675. The van der Waals surface area contributed by atoms with Gasteiger partial charge in [0.15, 0.2) is 0 Å². The molecule has 6 nitrogen and oxygen atoms in total. The number of rotatable bonds is 6. The van der Waals surface area contributed by atoms with E-state index in [9.17, 15) is 9.59 Å². The Kier molecular flexibility index (Phi) is 6.70. The van der Waals surface area contributed by atoms with E-state index >= 15 is 0 Å². The first-order chi connectivity index (χ1) is 12.0. The SMILES string of the molecule is CCN1/C(=C/C(=O)OC)CCC1CNC(=O)c1cc(Cl)ccc1OC. The lowest BCUT2D eigenvalue weighted by molar-refractivity contribution is -0.135. The molecule has 0 bridgehead atoms. The summed E-state index contributed by atoms with van der Waals surface area (Å²) in [5.74, 6) is -0.116. The fraction of sp³-hybridized carbons (Fsp3) is 0.444. The second-order valence-electron chi connectivity index (χ2n) is 5.69. The number of halogens is 1. The fourth-order valence-electron chi connectivity index (χ4n) is 3.04. The van der Waals surface area contributed by atoms with Crippen molar-refractivity contribution >= 4 is 23.5 Å². The molecule has 1 aliphatic rings. The molecule has 0 aromatic heterocycles. The summed E-state index contributed by atoms with van der Waals surface area (Å²) >= 11 is 5.98. The third-order valence-corrected chi connectivity index (χ3v) is 4.51. The van der Waals surface area contributed by atoms with Gasteiger partial charge in [0.2, 0.25) is 0 Å². The number of benzene rings is 1. The number of nitrogens with one attached hydrogen (secondary N) is 1. The maximum Gasteiger partial charge on any atom is 0.332 e. The van der Waals surface area contributed by atoms with Crippen molar-refractivity contribution in [2.45, 2.75) is 25.8 Å². The number of likely N-dealkylation sites (N-methyl/N-ethyl adjacent to an activating group) is 1. The molecule has 1 amide bonds. The number of hydrogen-bond donors (Lipinski definition) is 1. The van der Waals surface area contributed by atoms with Crippen LogP contribution in [0.2, 0.25) is 5.02 Å². The van der Waals surface area contributed by atoms with Gasteiger partial charge in [0, 0.05) is 35.9 Å². The summed E-state index contributed by atoms with van der Waals surface area (Å²) < 4.78 is 9.91.